The molecule has 9 nitrogen and oxygen atoms in total. The Kier molecular flexibility index (Phi) is 6.70. The SMILES string of the molecule is O=C(O)C(F)(F)F.O=C1N(c2ncccn2)CC12CCCN(Cc1cnc(Cl)cn1)C2. The molecular weight excluding hydrogens is 441 g/mol. The number of hydrogen-bond acceptors (Lipinski definition) is 7. The lowest BCUT2D eigenvalue weighted by molar-refractivity contribution is -0.192. The van der Waals surface area contributed by atoms with E-state index in [9.17, 15) is 18.0 Å². The smallest absolute Gasteiger partial charge is 0.475 e. The van der Waals surface area contributed by atoms with Gasteiger partial charge in [0.15, 0.2) is 0 Å². The van der Waals surface area contributed by atoms with E-state index < -0.39 is 12.1 Å². The molecule has 0 bridgehead atoms. The maximum Gasteiger partial charge on any atom is 0.490 e. The number of piperidine rings is 1. The quantitative estimate of drug-likeness (QED) is 0.696. The summed E-state index contributed by atoms with van der Waals surface area (Å²) < 4.78 is 31.7. The van der Waals surface area contributed by atoms with Crippen LogP contribution in [0.25, 0.3) is 0 Å². The Bertz CT molecular complexity index is 931. The Labute approximate surface area is 179 Å². The molecule has 31 heavy (non-hydrogen) atoms. The zero-order valence-electron chi connectivity index (χ0n) is 16.1. The third-order valence-electron chi connectivity index (χ3n) is 4.91. The molecule has 1 N–H and O–H groups in total. The fraction of sp³-hybridized carbons (Fsp3) is 0.444. The van der Waals surface area contributed by atoms with E-state index in [-0.39, 0.29) is 11.3 Å². The van der Waals surface area contributed by atoms with Crippen LogP contribution in [0.3, 0.4) is 0 Å². The number of hydrogen-bond donors (Lipinski definition) is 1. The van der Waals surface area contributed by atoms with E-state index in [0.717, 1.165) is 31.6 Å². The minimum Gasteiger partial charge on any atom is -0.475 e. The van der Waals surface area contributed by atoms with E-state index in [2.05, 4.69) is 24.8 Å². The lowest BCUT2D eigenvalue weighted by atomic mass is 9.72. The predicted octanol–water partition coefficient (Wildman–Crippen LogP) is 2.18. The second-order valence-electron chi connectivity index (χ2n) is 7.17. The molecular formula is C18H18ClF3N6O3. The summed E-state index contributed by atoms with van der Waals surface area (Å²) in [5.41, 5.74) is 0.559. The molecule has 1 spiro atoms. The van der Waals surface area contributed by atoms with Gasteiger partial charge >= 0.3 is 12.1 Å². The maximum absolute atomic E-state index is 12.8. The van der Waals surface area contributed by atoms with Crippen LogP contribution in [0.5, 0.6) is 0 Å². The number of likely N-dealkylation sites (tertiary alicyclic amines) is 1. The zero-order chi connectivity index (χ0) is 22.6. The molecule has 1 unspecified atom stereocenters. The molecule has 1 atom stereocenters. The molecule has 4 rings (SSSR count). The van der Waals surface area contributed by atoms with Crippen molar-refractivity contribution < 1.29 is 27.9 Å². The number of alkyl halides is 3. The lowest BCUT2D eigenvalue weighted by Gasteiger charge is -2.52. The first kappa shape index (κ1) is 22.8. The molecule has 2 fully saturated rings. The van der Waals surface area contributed by atoms with E-state index >= 15 is 0 Å². The van der Waals surface area contributed by atoms with Crippen molar-refractivity contribution >= 4 is 29.4 Å². The van der Waals surface area contributed by atoms with Crippen molar-refractivity contribution in [2.45, 2.75) is 25.6 Å². The van der Waals surface area contributed by atoms with Crippen molar-refractivity contribution in [3.05, 3.63) is 41.7 Å². The fourth-order valence-corrected chi connectivity index (χ4v) is 3.64. The van der Waals surface area contributed by atoms with E-state index in [1.807, 2.05) is 0 Å². The van der Waals surface area contributed by atoms with Crippen LogP contribution in [-0.4, -0.2) is 67.6 Å². The zero-order valence-corrected chi connectivity index (χ0v) is 16.8. The standard InChI is InChI=1S/C16H17ClN6O.C2HF3O2/c17-13-8-20-12(7-21-13)9-22-6-1-3-16(10-22)11-23(14(16)24)15-18-4-2-5-19-15;3-2(4,5)1(6)7/h2,4-5,7-8H,1,3,6,9-11H2;(H,6,7). The number of carbonyl (C=O) groups excluding carboxylic acids is 1. The van der Waals surface area contributed by atoms with E-state index in [4.69, 9.17) is 21.5 Å². The van der Waals surface area contributed by atoms with Crippen LogP contribution in [0.4, 0.5) is 19.1 Å². The molecule has 2 saturated heterocycles. The predicted molar refractivity (Wildman–Crippen MR) is 102 cm³/mol. The van der Waals surface area contributed by atoms with Crippen molar-refractivity contribution in [3.63, 3.8) is 0 Å². The second-order valence-corrected chi connectivity index (χ2v) is 7.56. The molecule has 0 saturated carbocycles. The molecule has 2 aliphatic heterocycles. The molecule has 166 valence electrons. The first-order valence-corrected chi connectivity index (χ1v) is 9.56. The summed E-state index contributed by atoms with van der Waals surface area (Å²) in [5, 5.41) is 7.52. The molecule has 2 aromatic heterocycles. The summed E-state index contributed by atoms with van der Waals surface area (Å²) in [5.74, 6) is -2.14. The van der Waals surface area contributed by atoms with E-state index in [0.29, 0.717) is 24.2 Å². The molecule has 2 aliphatic rings. The Morgan fingerprint density at radius 3 is 2.39 bits per heavy atom. The van der Waals surface area contributed by atoms with Gasteiger partial charge in [0, 0.05) is 32.0 Å². The normalized spacial score (nSPS) is 21.3. The van der Waals surface area contributed by atoms with Gasteiger partial charge in [0.1, 0.15) is 5.15 Å². The van der Waals surface area contributed by atoms with Gasteiger partial charge in [0.2, 0.25) is 11.9 Å². The van der Waals surface area contributed by atoms with Gasteiger partial charge in [-0.3, -0.25) is 19.6 Å². The molecule has 0 radical (unpaired) electrons. The summed E-state index contributed by atoms with van der Waals surface area (Å²) in [6, 6.07) is 1.75. The van der Waals surface area contributed by atoms with Crippen LogP contribution in [0.2, 0.25) is 5.15 Å². The third kappa shape index (κ3) is 5.44. The topological polar surface area (TPSA) is 112 Å². The first-order valence-electron chi connectivity index (χ1n) is 9.19. The molecule has 0 aliphatic carbocycles. The lowest BCUT2D eigenvalue weighted by Crippen LogP contribution is -2.67. The van der Waals surface area contributed by atoms with Crippen molar-refractivity contribution in [1.29, 1.82) is 0 Å². The summed E-state index contributed by atoms with van der Waals surface area (Å²) in [7, 11) is 0. The highest BCUT2D eigenvalue weighted by atomic mass is 35.5. The highest BCUT2D eigenvalue weighted by molar-refractivity contribution is 6.29. The highest BCUT2D eigenvalue weighted by Crippen LogP contribution is 2.41. The van der Waals surface area contributed by atoms with Crippen molar-refractivity contribution in [2.75, 3.05) is 24.5 Å². The number of amides is 1. The molecule has 2 aromatic rings. The molecule has 13 heteroatoms. The largest absolute Gasteiger partial charge is 0.490 e. The van der Waals surface area contributed by atoms with Crippen molar-refractivity contribution in [2.24, 2.45) is 5.41 Å². The van der Waals surface area contributed by atoms with Crippen molar-refractivity contribution in [3.8, 4) is 0 Å². The van der Waals surface area contributed by atoms with Gasteiger partial charge in [-0.1, -0.05) is 11.6 Å². The summed E-state index contributed by atoms with van der Waals surface area (Å²) in [4.78, 5) is 42.3. The fourth-order valence-electron chi connectivity index (χ4n) is 3.54. The number of carboxylic acids is 1. The third-order valence-corrected chi connectivity index (χ3v) is 5.11. The van der Waals surface area contributed by atoms with Gasteiger partial charge in [0.05, 0.1) is 23.5 Å². The van der Waals surface area contributed by atoms with Gasteiger partial charge in [0.25, 0.3) is 0 Å². The summed E-state index contributed by atoms with van der Waals surface area (Å²) in [6.07, 6.45) is 3.39. The van der Waals surface area contributed by atoms with Crippen LogP contribution in [0.15, 0.2) is 30.9 Å². The average molecular weight is 459 g/mol. The van der Waals surface area contributed by atoms with Crippen LogP contribution < -0.4 is 4.90 Å². The number of nitrogens with zero attached hydrogens (tertiary/aromatic N) is 6. The Morgan fingerprint density at radius 2 is 1.84 bits per heavy atom. The number of β-lactam (4-membered cyclic amide) rings is 1. The highest BCUT2D eigenvalue weighted by Gasteiger charge is 2.55. The Balaban J connectivity index is 0.000000339. The summed E-state index contributed by atoms with van der Waals surface area (Å²) in [6.45, 7) is 3.06. The minimum atomic E-state index is -5.08. The number of anilines is 1. The van der Waals surface area contributed by atoms with Crippen LogP contribution >= 0.6 is 11.6 Å². The number of carbonyl (C=O) groups is 2. The van der Waals surface area contributed by atoms with E-state index in [1.165, 1.54) is 0 Å². The molecule has 0 aromatic carbocycles. The molecule has 4 heterocycles. The number of carboxylic acid groups (broad SMARTS) is 1. The van der Waals surface area contributed by atoms with Crippen molar-refractivity contribution in [1.82, 2.24) is 24.8 Å². The number of rotatable bonds is 3. The van der Waals surface area contributed by atoms with Crippen LogP contribution in [0.1, 0.15) is 18.5 Å². The van der Waals surface area contributed by atoms with E-state index in [1.54, 1.807) is 35.8 Å². The molecule has 1 amide bonds. The number of aromatic nitrogens is 4. The average Bonchev–Trinajstić information content (AvgIpc) is 2.74. The number of aliphatic carboxylic acids is 1. The maximum atomic E-state index is 12.8. The van der Waals surface area contributed by atoms with Gasteiger partial charge in [-0.25, -0.2) is 19.7 Å². The minimum absolute atomic E-state index is 0.126. The van der Waals surface area contributed by atoms with Crippen LogP contribution in [-0.2, 0) is 16.1 Å². The van der Waals surface area contributed by atoms with Gasteiger partial charge < -0.3 is 5.11 Å². The van der Waals surface area contributed by atoms with Gasteiger partial charge in [-0.2, -0.15) is 13.2 Å². The number of halogens is 4. The van der Waals surface area contributed by atoms with Crippen LogP contribution in [0, 0.1) is 5.41 Å². The Hall–Kier alpha value is -2.86. The van der Waals surface area contributed by atoms with Gasteiger partial charge in [-0.05, 0) is 25.5 Å². The first-order chi connectivity index (χ1) is 14.6. The summed E-state index contributed by atoms with van der Waals surface area (Å²) >= 11 is 5.78. The second kappa shape index (κ2) is 9.10. The Morgan fingerprint density at radius 1 is 1.16 bits per heavy atom. The van der Waals surface area contributed by atoms with Gasteiger partial charge in [-0.15, -0.1) is 0 Å². The monoisotopic (exact) mass is 458 g/mol.